The third-order valence-corrected chi connectivity index (χ3v) is 8.81. The van der Waals surface area contributed by atoms with Crippen LogP contribution in [0.4, 0.5) is 0 Å². The lowest BCUT2D eigenvalue weighted by molar-refractivity contribution is -0.225. The Morgan fingerprint density at radius 1 is 1.25 bits per heavy atom. The molecule has 2 N–H and O–H groups in total. The molecule has 0 bridgehead atoms. The zero-order chi connectivity index (χ0) is 23.2. The Bertz CT molecular complexity index is 1030. The Morgan fingerprint density at radius 3 is 2.59 bits per heavy atom. The monoisotopic (exact) mass is 442 g/mol. The number of allylic oxidation sites excluding steroid dienone is 2. The maximum absolute atomic E-state index is 13.4. The molecule has 4 aliphatic rings. The Hall–Kier alpha value is -2.22. The molecule has 1 aliphatic heterocycles. The van der Waals surface area contributed by atoms with Crippen LogP contribution in [0.15, 0.2) is 46.3 Å². The minimum atomic E-state index is -1.49. The van der Waals surface area contributed by atoms with E-state index in [1.54, 1.807) is 26.4 Å². The first-order valence-electron chi connectivity index (χ1n) is 11.1. The molecule has 172 valence electrons. The van der Waals surface area contributed by atoms with E-state index < -0.39 is 46.4 Å². The number of carbonyl (C=O) groups is 2. The molecular formula is C25H30O7. The summed E-state index contributed by atoms with van der Waals surface area (Å²) in [5, 5.41) is 22.8. The summed E-state index contributed by atoms with van der Waals surface area (Å²) in [4.78, 5) is 26.8. The zero-order valence-electron chi connectivity index (χ0n) is 19.0. The number of fused-ring (bicyclic) bond motifs is 4. The predicted molar refractivity (Wildman–Crippen MR) is 113 cm³/mol. The number of aliphatic hydroxyl groups excluding tert-OH is 1. The molecule has 2 heterocycles. The first-order chi connectivity index (χ1) is 15.0. The van der Waals surface area contributed by atoms with E-state index in [2.05, 4.69) is 0 Å². The molecule has 0 radical (unpaired) electrons. The number of methoxy groups -OCH3 is 1. The van der Waals surface area contributed by atoms with Crippen LogP contribution in [0.3, 0.4) is 0 Å². The van der Waals surface area contributed by atoms with Gasteiger partial charge in [-0.05, 0) is 49.6 Å². The summed E-state index contributed by atoms with van der Waals surface area (Å²) in [5.41, 5.74) is -0.779. The molecule has 32 heavy (non-hydrogen) atoms. The summed E-state index contributed by atoms with van der Waals surface area (Å²) in [7, 11) is 1.31. The van der Waals surface area contributed by atoms with Gasteiger partial charge in [0, 0.05) is 17.3 Å². The lowest BCUT2D eigenvalue weighted by Gasteiger charge is -2.60. The quantitative estimate of drug-likeness (QED) is 0.535. The van der Waals surface area contributed by atoms with Crippen molar-refractivity contribution in [2.45, 2.75) is 63.9 Å². The van der Waals surface area contributed by atoms with Gasteiger partial charge in [-0.25, -0.2) is 0 Å². The second-order valence-corrected chi connectivity index (χ2v) is 10.4. The van der Waals surface area contributed by atoms with E-state index in [0.29, 0.717) is 6.42 Å². The molecule has 1 aromatic heterocycles. The standard InChI is InChI=1S/C25H30O7/c1-12-14(13-7-9-31-11-13)10-15-17(12)25(4)20(22(28)30-5)24(3)16(26)6-8-23(2,29)19(24)18(27)21(25)32-15/h6-9,11,14-15,18-21,27,29H,10H2,1-5H3/t14-,15+,18-,19+,20-,21-,23-,24-,25+/m1/s1. The fourth-order valence-electron chi connectivity index (χ4n) is 7.65. The van der Waals surface area contributed by atoms with Gasteiger partial charge in [-0.2, -0.15) is 0 Å². The van der Waals surface area contributed by atoms with E-state index in [1.165, 1.54) is 19.3 Å². The average molecular weight is 443 g/mol. The SMILES string of the molecule is COC(=O)[C@H]1[C@]2(C)C3=C(C)[C@H](c4ccoc4)C[C@@H]3O[C@@H]2[C@H](O)[C@@H]2[C@@]1(C)C(=O)C=C[C@@]2(C)O. The minimum absolute atomic E-state index is 0.0672. The largest absolute Gasteiger partial charge is 0.472 e. The van der Waals surface area contributed by atoms with Crippen LogP contribution in [0.1, 0.15) is 45.6 Å². The molecule has 3 aliphatic carbocycles. The number of furan rings is 1. The molecule has 1 saturated carbocycles. The number of rotatable bonds is 2. The normalized spacial score (nSPS) is 47.3. The molecule has 0 aromatic carbocycles. The number of carbonyl (C=O) groups excluding carboxylic acids is 2. The zero-order valence-corrected chi connectivity index (χ0v) is 19.0. The molecule has 9 atom stereocenters. The molecule has 0 spiro atoms. The van der Waals surface area contributed by atoms with Gasteiger partial charge in [0.2, 0.25) is 0 Å². The van der Waals surface area contributed by atoms with Crippen molar-refractivity contribution in [3.8, 4) is 0 Å². The first-order valence-corrected chi connectivity index (χ1v) is 11.1. The summed E-state index contributed by atoms with van der Waals surface area (Å²) in [6.07, 6.45) is 4.56. The van der Waals surface area contributed by atoms with Crippen molar-refractivity contribution in [1.29, 1.82) is 0 Å². The maximum Gasteiger partial charge on any atom is 0.310 e. The number of hydrogen-bond donors (Lipinski definition) is 2. The highest BCUT2D eigenvalue weighted by Crippen LogP contribution is 2.68. The van der Waals surface area contributed by atoms with Crippen molar-refractivity contribution in [3.05, 3.63) is 47.5 Å². The van der Waals surface area contributed by atoms with Gasteiger partial charge < -0.3 is 24.1 Å². The summed E-state index contributed by atoms with van der Waals surface area (Å²) in [6.45, 7) is 7.17. The summed E-state index contributed by atoms with van der Waals surface area (Å²) >= 11 is 0. The molecule has 1 aromatic rings. The van der Waals surface area contributed by atoms with E-state index in [4.69, 9.17) is 13.9 Å². The Balaban J connectivity index is 1.74. The van der Waals surface area contributed by atoms with Gasteiger partial charge in [0.05, 0.1) is 54.9 Å². The molecule has 1 saturated heterocycles. The molecule has 0 amide bonds. The van der Waals surface area contributed by atoms with Crippen molar-refractivity contribution in [2.75, 3.05) is 7.11 Å². The van der Waals surface area contributed by atoms with Crippen LogP contribution >= 0.6 is 0 Å². The average Bonchev–Trinajstić information content (AvgIpc) is 3.42. The van der Waals surface area contributed by atoms with Gasteiger partial charge in [0.1, 0.15) is 0 Å². The maximum atomic E-state index is 13.4. The van der Waals surface area contributed by atoms with Crippen LogP contribution in [0.2, 0.25) is 0 Å². The lowest BCUT2D eigenvalue weighted by Crippen LogP contribution is -2.71. The van der Waals surface area contributed by atoms with E-state index in [0.717, 1.165) is 16.7 Å². The van der Waals surface area contributed by atoms with E-state index in [9.17, 15) is 19.8 Å². The molecule has 5 rings (SSSR count). The summed E-state index contributed by atoms with van der Waals surface area (Å²) in [6, 6.07) is 1.92. The van der Waals surface area contributed by atoms with Gasteiger partial charge in [-0.15, -0.1) is 0 Å². The number of aliphatic hydroxyl groups is 2. The Kier molecular flexibility index (Phi) is 4.49. The topological polar surface area (TPSA) is 106 Å². The third-order valence-electron chi connectivity index (χ3n) is 8.81. The van der Waals surface area contributed by atoms with Crippen LogP contribution in [-0.4, -0.2) is 53.0 Å². The van der Waals surface area contributed by atoms with Crippen LogP contribution < -0.4 is 0 Å². The predicted octanol–water partition coefficient (Wildman–Crippen LogP) is 2.53. The van der Waals surface area contributed by atoms with E-state index >= 15 is 0 Å². The van der Waals surface area contributed by atoms with Crippen molar-refractivity contribution < 1.29 is 33.7 Å². The van der Waals surface area contributed by atoms with Gasteiger partial charge in [0.25, 0.3) is 0 Å². The van der Waals surface area contributed by atoms with Crippen molar-refractivity contribution in [3.63, 3.8) is 0 Å². The number of ketones is 1. The van der Waals surface area contributed by atoms with Crippen molar-refractivity contribution in [2.24, 2.45) is 22.7 Å². The second-order valence-electron chi connectivity index (χ2n) is 10.4. The Morgan fingerprint density at radius 2 is 1.97 bits per heavy atom. The molecule has 7 nitrogen and oxygen atoms in total. The fourth-order valence-corrected chi connectivity index (χ4v) is 7.65. The van der Waals surface area contributed by atoms with Crippen LogP contribution in [0.25, 0.3) is 0 Å². The number of ether oxygens (including phenoxy) is 2. The van der Waals surface area contributed by atoms with Crippen molar-refractivity contribution >= 4 is 11.8 Å². The molecular weight excluding hydrogens is 412 g/mol. The van der Waals surface area contributed by atoms with Crippen LogP contribution in [0.5, 0.6) is 0 Å². The molecule has 2 fully saturated rings. The number of esters is 1. The first kappa shape index (κ1) is 21.6. The van der Waals surface area contributed by atoms with E-state index in [1.807, 2.05) is 19.9 Å². The minimum Gasteiger partial charge on any atom is -0.472 e. The number of hydrogen-bond acceptors (Lipinski definition) is 7. The lowest BCUT2D eigenvalue weighted by atomic mass is 9.43. The smallest absolute Gasteiger partial charge is 0.310 e. The van der Waals surface area contributed by atoms with Crippen LogP contribution in [0, 0.1) is 22.7 Å². The summed E-state index contributed by atoms with van der Waals surface area (Å²) in [5.74, 6) is -2.61. The van der Waals surface area contributed by atoms with Crippen molar-refractivity contribution in [1.82, 2.24) is 0 Å². The highest BCUT2D eigenvalue weighted by molar-refractivity contribution is 6.00. The van der Waals surface area contributed by atoms with Crippen LogP contribution in [-0.2, 0) is 19.1 Å². The van der Waals surface area contributed by atoms with Gasteiger partial charge in [0.15, 0.2) is 5.78 Å². The van der Waals surface area contributed by atoms with Gasteiger partial charge >= 0.3 is 5.97 Å². The molecule has 0 unspecified atom stereocenters. The summed E-state index contributed by atoms with van der Waals surface area (Å²) < 4.78 is 17.0. The highest BCUT2D eigenvalue weighted by atomic mass is 16.5. The second kappa shape index (κ2) is 6.65. The molecule has 7 heteroatoms. The highest BCUT2D eigenvalue weighted by Gasteiger charge is 2.75. The Labute approximate surface area is 187 Å². The third kappa shape index (κ3) is 2.42. The van der Waals surface area contributed by atoms with Gasteiger partial charge in [-0.3, -0.25) is 9.59 Å². The van der Waals surface area contributed by atoms with Gasteiger partial charge in [-0.1, -0.05) is 19.4 Å². The van der Waals surface area contributed by atoms with E-state index in [-0.39, 0.29) is 17.8 Å². The fraction of sp³-hybridized carbons (Fsp3) is 0.600.